The SMILES string of the molecule is CN(C)CCN(C)Cc1cccc(-c2ccc(C(C)(C)C)cc2)c1. The average Bonchev–Trinajstić information content (AvgIpc) is 2.52. The number of benzene rings is 2. The smallest absolute Gasteiger partial charge is 0.0231 e. The number of hydrogen-bond donors (Lipinski definition) is 0. The van der Waals surface area contributed by atoms with Gasteiger partial charge in [0.2, 0.25) is 0 Å². The van der Waals surface area contributed by atoms with Crippen molar-refractivity contribution in [1.29, 1.82) is 0 Å². The molecular weight excluding hydrogens is 292 g/mol. The van der Waals surface area contributed by atoms with Crippen LogP contribution in [0.25, 0.3) is 11.1 Å². The first-order valence-electron chi connectivity index (χ1n) is 8.79. The maximum Gasteiger partial charge on any atom is 0.0231 e. The molecule has 0 radical (unpaired) electrons. The summed E-state index contributed by atoms with van der Waals surface area (Å²) < 4.78 is 0. The molecule has 0 saturated heterocycles. The van der Waals surface area contributed by atoms with Crippen molar-refractivity contribution in [3.8, 4) is 11.1 Å². The normalized spacial score (nSPS) is 12.2. The van der Waals surface area contributed by atoms with Crippen molar-refractivity contribution in [1.82, 2.24) is 9.80 Å². The molecule has 2 aromatic carbocycles. The summed E-state index contributed by atoms with van der Waals surface area (Å²) in [5.41, 5.74) is 5.55. The molecule has 0 N–H and O–H groups in total. The quantitative estimate of drug-likeness (QED) is 0.763. The molecule has 0 saturated carbocycles. The van der Waals surface area contributed by atoms with E-state index in [4.69, 9.17) is 0 Å². The second kappa shape index (κ2) is 7.96. The Hall–Kier alpha value is -1.64. The molecule has 0 atom stereocenters. The predicted octanol–water partition coefficient (Wildman–Crippen LogP) is 4.64. The second-order valence-electron chi connectivity index (χ2n) is 8.07. The topological polar surface area (TPSA) is 6.48 Å². The predicted molar refractivity (Wildman–Crippen MR) is 105 cm³/mol. The summed E-state index contributed by atoms with van der Waals surface area (Å²) in [5.74, 6) is 0. The van der Waals surface area contributed by atoms with Crippen LogP contribution in [-0.4, -0.2) is 44.0 Å². The maximum absolute atomic E-state index is 2.38. The Bertz CT molecular complexity index is 636. The van der Waals surface area contributed by atoms with Crippen LogP contribution in [0.5, 0.6) is 0 Å². The van der Waals surface area contributed by atoms with Crippen LogP contribution in [0, 0.1) is 0 Å². The molecule has 0 aliphatic carbocycles. The van der Waals surface area contributed by atoms with Gasteiger partial charge in [0.1, 0.15) is 0 Å². The Morgan fingerprint density at radius 1 is 0.792 bits per heavy atom. The largest absolute Gasteiger partial charge is 0.308 e. The average molecular weight is 325 g/mol. The molecule has 24 heavy (non-hydrogen) atoms. The molecule has 0 bridgehead atoms. The van der Waals surface area contributed by atoms with Crippen LogP contribution in [0.3, 0.4) is 0 Å². The van der Waals surface area contributed by atoms with Gasteiger partial charge in [-0.2, -0.15) is 0 Å². The van der Waals surface area contributed by atoms with Crippen LogP contribution in [-0.2, 0) is 12.0 Å². The lowest BCUT2D eigenvalue weighted by Crippen LogP contribution is -2.28. The van der Waals surface area contributed by atoms with Crippen molar-refractivity contribution in [3.63, 3.8) is 0 Å². The lowest BCUT2D eigenvalue weighted by Gasteiger charge is -2.20. The van der Waals surface area contributed by atoms with Gasteiger partial charge < -0.3 is 9.80 Å². The lowest BCUT2D eigenvalue weighted by atomic mass is 9.86. The molecule has 130 valence electrons. The summed E-state index contributed by atoms with van der Waals surface area (Å²) in [4.78, 5) is 4.60. The monoisotopic (exact) mass is 324 g/mol. The van der Waals surface area contributed by atoms with E-state index in [0.717, 1.165) is 19.6 Å². The van der Waals surface area contributed by atoms with Crippen LogP contribution in [0.1, 0.15) is 31.9 Å². The molecule has 0 aliphatic rings. The fourth-order valence-corrected chi connectivity index (χ4v) is 2.77. The summed E-state index contributed by atoms with van der Waals surface area (Å²) in [6, 6.07) is 17.9. The number of nitrogens with zero attached hydrogens (tertiary/aromatic N) is 2. The van der Waals surface area contributed by atoms with Gasteiger partial charge in [0.15, 0.2) is 0 Å². The molecular formula is C22H32N2. The van der Waals surface area contributed by atoms with E-state index < -0.39 is 0 Å². The Labute approximate surface area is 148 Å². The van der Waals surface area contributed by atoms with E-state index >= 15 is 0 Å². The van der Waals surface area contributed by atoms with E-state index in [-0.39, 0.29) is 5.41 Å². The molecule has 0 unspecified atom stereocenters. The summed E-state index contributed by atoms with van der Waals surface area (Å²) in [6.45, 7) is 9.92. The van der Waals surface area contributed by atoms with Crippen LogP contribution < -0.4 is 0 Å². The molecule has 2 rings (SSSR count). The third-order valence-electron chi connectivity index (χ3n) is 4.39. The minimum Gasteiger partial charge on any atom is -0.308 e. The third-order valence-corrected chi connectivity index (χ3v) is 4.39. The van der Waals surface area contributed by atoms with Gasteiger partial charge in [-0.3, -0.25) is 0 Å². The van der Waals surface area contributed by atoms with Gasteiger partial charge in [-0.15, -0.1) is 0 Å². The van der Waals surface area contributed by atoms with Crippen molar-refractivity contribution in [2.24, 2.45) is 0 Å². The van der Waals surface area contributed by atoms with E-state index in [2.05, 4.69) is 100 Å². The molecule has 0 heterocycles. The maximum atomic E-state index is 2.38. The van der Waals surface area contributed by atoms with E-state index in [1.807, 2.05) is 0 Å². The zero-order valence-corrected chi connectivity index (χ0v) is 16.1. The zero-order valence-electron chi connectivity index (χ0n) is 16.1. The highest BCUT2D eigenvalue weighted by molar-refractivity contribution is 5.64. The van der Waals surface area contributed by atoms with Gasteiger partial charge >= 0.3 is 0 Å². The van der Waals surface area contributed by atoms with E-state index in [1.54, 1.807) is 0 Å². The second-order valence-corrected chi connectivity index (χ2v) is 8.07. The fourth-order valence-electron chi connectivity index (χ4n) is 2.77. The van der Waals surface area contributed by atoms with Crippen molar-refractivity contribution in [3.05, 3.63) is 59.7 Å². The molecule has 2 heteroatoms. The Balaban J connectivity index is 2.10. The van der Waals surface area contributed by atoms with E-state index in [1.165, 1.54) is 22.3 Å². The first-order chi connectivity index (χ1) is 11.3. The lowest BCUT2D eigenvalue weighted by molar-refractivity contribution is 0.276. The number of likely N-dealkylation sites (N-methyl/N-ethyl adjacent to an activating group) is 2. The first kappa shape index (κ1) is 18.7. The number of hydrogen-bond acceptors (Lipinski definition) is 2. The molecule has 2 nitrogen and oxygen atoms in total. The first-order valence-corrected chi connectivity index (χ1v) is 8.79. The highest BCUT2D eigenvalue weighted by Crippen LogP contribution is 2.26. The van der Waals surface area contributed by atoms with Crippen molar-refractivity contribution in [2.45, 2.75) is 32.7 Å². The van der Waals surface area contributed by atoms with Gasteiger partial charge in [-0.1, -0.05) is 63.2 Å². The summed E-state index contributed by atoms with van der Waals surface area (Å²) in [5, 5.41) is 0. The molecule has 0 aromatic heterocycles. The Kier molecular flexibility index (Phi) is 6.20. The van der Waals surface area contributed by atoms with Crippen molar-refractivity contribution >= 4 is 0 Å². The highest BCUT2D eigenvalue weighted by atomic mass is 15.1. The minimum absolute atomic E-state index is 0.204. The van der Waals surface area contributed by atoms with Crippen LogP contribution in [0.4, 0.5) is 0 Å². The molecule has 2 aromatic rings. The van der Waals surface area contributed by atoms with Gasteiger partial charge in [0.05, 0.1) is 0 Å². The highest BCUT2D eigenvalue weighted by Gasteiger charge is 2.13. The van der Waals surface area contributed by atoms with E-state index in [0.29, 0.717) is 0 Å². The fraction of sp³-hybridized carbons (Fsp3) is 0.455. The Morgan fingerprint density at radius 2 is 1.46 bits per heavy atom. The van der Waals surface area contributed by atoms with Crippen molar-refractivity contribution < 1.29 is 0 Å². The van der Waals surface area contributed by atoms with Crippen LogP contribution >= 0.6 is 0 Å². The minimum atomic E-state index is 0.204. The van der Waals surface area contributed by atoms with Gasteiger partial charge in [0.25, 0.3) is 0 Å². The molecule has 0 amide bonds. The van der Waals surface area contributed by atoms with Gasteiger partial charge in [0, 0.05) is 19.6 Å². The Morgan fingerprint density at radius 3 is 2.04 bits per heavy atom. The summed E-state index contributed by atoms with van der Waals surface area (Å²) in [7, 11) is 6.43. The van der Waals surface area contributed by atoms with Crippen LogP contribution in [0.15, 0.2) is 48.5 Å². The molecule has 0 aliphatic heterocycles. The standard InChI is InChI=1S/C22H32N2/c1-22(2,3)21-12-10-19(11-13-21)20-9-7-8-18(16-20)17-24(6)15-14-23(4)5/h7-13,16H,14-15,17H2,1-6H3. The number of rotatable bonds is 6. The van der Waals surface area contributed by atoms with Gasteiger partial charge in [-0.25, -0.2) is 0 Å². The third kappa shape index (κ3) is 5.47. The van der Waals surface area contributed by atoms with Crippen LogP contribution in [0.2, 0.25) is 0 Å². The molecule has 0 spiro atoms. The molecule has 0 fully saturated rings. The van der Waals surface area contributed by atoms with Gasteiger partial charge in [-0.05, 0) is 54.9 Å². The van der Waals surface area contributed by atoms with Crippen molar-refractivity contribution in [2.75, 3.05) is 34.2 Å². The van der Waals surface area contributed by atoms with E-state index in [9.17, 15) is 0 Å². The summed E-state index contributed by atoms with van der Waals surface area (Å²) in [6.07, 6.45) is 0. The summed E-state index contributed by atoms with van der Waals surface area (Å²) >= 11 is 0. The zero-order chi connectivity index (χ0) is 17.7.